The van der Waals surface area contributed by atoms with Crippen LogP contribution in [-0.4, -0.2) is 52.6 Å². The number of likely N-dealkylation sites (tertiary alicyclic amines) is 1. The molecular weight excluding hydrogens is 232 g/mol. The van der Waals surface area contributed by atoms with Gasteiger partial charge in [-0.3, -0.25) is 0 Å². The van der Waals surface area contributed by atoms with Crippen molar-refractivity contribution in [2.75, 3.05) is 13.6 Å². The summed E-state index contributed by atoms with van der Waals surface area (Å²) >= 11 is 0. The summed E-state index contributed by atoms with van der Waals surface area (Å²) in [5.74, 6) is -0.905. The largest absolute Gasteiger partial charge is 0.480 e. The van der Waals surface area contributed by atoms with Crippen LogP contribution in [0.3, 0.4) is 0 Å². The molecule has 0 bridgehead atoms. The molecule has 1 aliphatic heterocycles. The summed E-state index contributed by atoms with van der Waals surface area (Å²) in [7, 11) is 1.75. The highest BCUT2D eigenvalue weighted by Crippen LogP contribution is 2.26. The fourth-order valence-corrected chi connectivity index (χ4v) is 2.20. The number of nitrogens with zero attached hydrogens (tertiary/aromatic N) is 2. The maximum absolute atomic E-state index is 12.3. The SMILES string of the molecule is CC(N(C)C(=O)N1CCC[C@H]1C(=O)O)C(C)(C)C. The molecule has 1 fully saturated rings. The molecule has 0 aliphatic carbocycles. The number of hydrogen-bond donors (Lipinski definition) is 1. The average molecular weight is 256 g/mol. The summed E-state index contributed by atoms with van der Waals surface area (Å²) in [5.41, 5.74) is -0.0249. The van der Waals surface area contributed by atoms with E-state index in [1.54, 1.807) is 11.9 Å². The lowest BCUT2D eigenvalue weighted by Gasteiger charge is -2.38. The fraction of sp³-hybridized carbons (Fsp3) is 0.846. The predicted molar refractivity (Wildman–Crippen MR) is 69.4 cm³/mol. The van der Waals surface area contributed by atoms with Crippen LogP contribution in [-0.2, 0) is 4.79 Å². The molecule has 1 N–H and O–H groups in total. The lowest BCUT2D eigenvalue weighted by Crippen LogP contribution is -2.52. The first kappa shape index (κ1) is 14.8. The van der Waals surface area contributed by atoms with Crippen molar-refractivity contribution in [1.29, 1.82) is 0 Å². The monoisotopic (exact) mass is 256 g/mol. The Kier molecular flexibility index (Phi) is 4.24. The molecule has 1 aliphatic rings. The van der Waals surface area contributed by atoms with E-state index in [1.165, 1.54) is 4.90 Å². The Bertz CT molecular complexity index is 336. The number of amides is 2. The maximum atomic E-state index is 12.3. The Balaban J connectivity index is 2.78. The zero-order valence-corrected chi connectivity index (χ0v) is 11.9. The van der Waals surface area contributed by atoms with E-state index in [1.807, 2.05) is 6.92 Å². The van der Waals surface area contributed by atoms with Crippen LogP contribution >= 0.6 is 0 Å². The van der Waals surface area contributed by atoms with Crippen LogP contribution in [0.4, 0.5) is 4.79 Å². The van der Waals surface area contributed by atoms with Gasteiger partial charge in [0.25, 0.3) is 0 Å². The second-order valence-corrected chi connectivity index (χ2v) is 6.13. The molecule has 2 amide bonds. The molecule has 1 unspecified atom stereocenters. The number of urea groups is 1. The van der Waals surface area contributed by atoms with Gasteiger partial charge < -0.3 is 14.9 Å². The van der Waals surface area contributed by atoms with Gasteiger partial charge >= 0.3 is 12.0 Å². The van der Waals surface area contributed by atoms with Gasteiger partial charge in [-0.2, -0.15) is 0 Å². The minimum absolute atomic E-state index is 0.0249. The second kappa shape index (κ2) is 5.16. The number of carbonyl (C=O) groups is 2. The molecule has 1 saturated heterocycles. The van der Waals surface area contributed by atoms with Crippen LogP contribution in [0, 0.1) is 5.41 Å². The van der Waals surface area contributed by atoms with E-state index in [4.69, 9.17) is 5.11 Å². The molecule has 0 aromatic carbocycles. The van der Waals surface area contributed by atoms with Crippen LogP contribution in [0.1, 0.15) is 40.5 Å². The molecule has 5 nitrogen and oxygen atoms in total. The van der Waals surface area contributed by atoms with E-state index in [0.717, 1.165) is 6.42 Å². The Hall–Kier alpha value is -1.26. The van der Waals surface area contributed by atoms with E-state index in [9.17, 15) is 9.59 Å². The standard InChI is InChI=1S/C13H24N2O3/c1-9(13(2,3)4)14(5)12(18)15-8-6-7-10(15)11(16)17/h9-10H,6-8H2,1-5H3,(H,16,17)/t9?,10-/m0/s1. The summed E-state index contributed by atoms with van der Waals surface area (Å²) in [5, 5.41) is 9.10. The van der Waals surface area contributed by atoms with Gasteiger partial charge in [0.05, 0.1) is 0 Å². The third kappa shape index (κ3) is 2.94. The van der Waals surface area contributed by atoms with E-state index < -0.39 is 12.0 Å². The zero-order chi connectivity index (χ0) is 14.1. The van der Waals surface area contributed by atoms with E-state index in [2.05, 4.69) is 20.8 Å². The van der Waals surface area contributed by atoms with Gasteiger partial charge in [0.15, 0.2) is 0 Å². The number of hydrogen-bond acceptors (Lipinski definition) is 2. The molecular formula is C13H24N2O3. The topological polar surface area (TPSA) is 60.9 Å². The van der Waals surface area contributed by atoms with E-state index >= 15 is 0 Å². The highest BCUT2D eigenvalue weighted by atomic mass is 16.4. The van der Waals surface area contributed by atoms with Crippen LogP contribution in [0.25, 0.3) is 0 Å². The number of carbonyl (C=O) groups excluding carboxylic acids is 1. The first-order chi connectivity index (χ1) is 8.16. The van der Waals surface area contributed by atoms with Crippen molar-refractivity contribution in [2.45, 2.75) is 52.6 Å². The van der Waals surface area contributed by atoms with Crippen LogP contribution in [0.5, 0.6) is 0 Å². The Morgan fingerprint density at radius 1 is 1.39 bits per heavy atom. The number of carboxylic acids is 1. The average Bonchev–Trinajstić information content (AvgIpc) is 2.73. The molecule has 0 aromatic rings. The van der Waals surface area contributed by atoms with Crippen LogP contribution in [0.2, 0.25) is 0 Å². The smallest absolute Gasteiger partial charge is 0.326 e. The third-order valence-electron chi connectivity index (χ3n) is 3.92. The predicted octanol–water partition coefficient (Wildman–Crippen LogP) is 2.02. The van der Waals surface area contributed by atoms with Gasteiger partial charge in [-0.25, -0.2) is 9.59 Å². The lowest BCUT2D eigenvalue weighted by atomic mass is 9.87. The summed E-state index contributed by atoms with van der Waals surface area (Å²) in [6, 6.07) is -0.783. The van der Waals surface area contributed by atoms with Gasteiger partial charge in [0.1, 0.15) is 6.04 Å². The maximum Gasteiger partial charge on any atom is 0.326 e. The van der Waals surface area contributed by atoms with Crippen LogP contribution < -0.4 is 0 Å². The number of rotatable bonds is 2. The minimum Gasteiger partial charge on any atom is -0.480 e. The fourth-order valence-electron chi connectivity index (χ4n) is 2.20. The van der Waals surface area contributed by atoms with Gasteiger partial charge in [-0.15, -0.1) is 0 Å². The van der Waals surface area contributed by atoms with Crippen molar-refractivity contribution in [3.05, 3.63) is 0 Å². The Labute approximate surface area is 109 Å². The van der Waals surface area contributed by atoms with Crippen LogP contribution in [0.15, 0.2) is 0 Å². The van der Waals surface area contributed by atoms with Crippen molar-refractivity contribution in [2.24, 2.45) is 5.41 Å². The second-order valence-electron chi connectivity index (χ2n) is 6.13. The first-order valence-electron chi connectivity index (χ1n) is 6.42. The summed E-state index contributed by atoms with van der Waals surface area (Å²) in [6.45, 7) is 8.74. The minimum atomic E-state index is -0.905. The Morgan fingerprint density at radius 2 is 1.94 bits per heavy atom. The first-order valence-corrected chi connectivity index (χ1v) is 6.42. The van der Waals surface area contributed by atoms with Crippen molar-refractivity contribution in [3.8, 4) is 0 Å². The normalized spacial score (nSPS) is 21.8. The van der Waals surface area contributed by atoms with Gasteiger partial charge in [-0.05, 0) is 25.2 Å². The number of aliphatic carboxylic acids is 1. The lowest BCUT2D eigenvalue weighted by molar-refractivity contribution is -0.141. The van der Waals surface area contributed by atoms with Crippen molar-refractivity contribution >= 4 is 12.0 Å². The molecule has 18 heavy (non-hydrogen) atoms. The van der Waals surface area contributed by atoms with Gasteiger partial charge in [0, 0.05) is 19.6 Å². The molecule has 0 spiro atoms. The molecule has 0 radical (unpaired) electrons. The van der Waals surface area contributed by atoms with Crippen molar-refractivity contribution < 1.29 is 14.7 Å². The van der Waals surface area contributed by atoms with Crippen molar-refractivity contribution in [3.63, 3.8) is 0 Å². The quantitative estimate of drug-likeness (QED) is 0.822. The summed E-state index contributed by atoms with van der Waals surface area (Å²) in [4.78, 5) is 26.6. The molecule has 0 saturated carbocycles. The van der Waals surface area contributed by atoms with E-state index in [-0.39, 0.29) is 17.5 Å². The number of carboxylic acid groups (broad SMARTS) is 1. The molecule has 2 atom stereocenters. The molecule has 0 aromatic heterocycles. The molecule has 104 valence electrons. The summed E-state index contributed by atoms with van der Waals surface area (Å²) < 4.78 is 0. The molecule has 5 heteroatoms. The van der Waals surface area contributed by atoms with Crippen molar-refractivity contribution in [1.82, 2.24) is 9.80 Å². The molecule has 1 heterocycles. The van der Waals surface area contributed by atoms with Gasteiger partial charge in [-0.1, -0.05) is 20.8 Å². The highest BCUT2D eigenvalue weighted by Gasteiger charge is 2.37. The Morgan fingerprint density at radius 3 is 2.39 bits per heavy atom. The zero-order valence-electron chi connectivity index (χ0n) is 11.9. The summed E-state index contributed by atoms with van der Waals surface area (Å²) in [6.07, 6.45) is 1.32. The van der Waals surface area contributed by atoms with Gasteiger partial charge in [0.2, 0.25) is 0 Å². The third-order valence-corrected chi connectivity index (χ3v) is 3.92. The molecule has 1 rings (SSSR count). The highest BCUT2D eigenvalue weighted by molar-refractivity contribution is 5.83. The van der Waals surface area contributed by atoms with E-state index in [0.29, 0.717) is 13.0 Å².